The smallest absolute Gasteiger partial charge is 0.246 e. The Morgan fingerprint density at radius 1 is 1.25 bits per heavy atom. The van der Waals surface area contributed by atoms with Crippen LogP contribution in [-0.2, 0) is 4.79 Å². The molecule has 3 nitrogen and oxygen atoms in total. The number of nitrogens with one attached hydrogen (secondary N) is 1. The summed E-state index contributed by atoms with van der Waals surface area (Å²) >= 11 is 1.62. The summed E-state index contributed by atoms with van der Waals surface area (Å²) in [6.45, 7) is 6.42. The molecular weight excluding hydrogens is 268 g/mol. The average molecular weight is 284 g/mol. The Morgan fingerprint density at radius 3 is 2.80 bits per heavy atom. The molecule has 1 aliphatic heterocycles. The first-order chi connectivity index (χ1) is 9.56. The van der Waals surface area contributed by atoms with Crippen molar-refractivity contribution in [3.63, 3.8) is 0 Å². The zero-order chi connectivity index (χ0) is 14.3. The van der Waals surface area contributed by atoms with Gasteiger partial charge in [-0.1, -0.05) is 23.8 Å². The molecule has 1 aromatic heterocycles. The molecule has 0 fully saturated rings. The summed E-state index contributed by atoms with van der Waals surface area (Å²) in [5.41, 5.74) is 5.46. The molecule has 3 rings (SSSR count). The fourth-order valence-electron chi connectivity index (χ4n) is 2.42. The molecule has 0 atom stereocenters. The molecule has 1 aromatic carbocycles. The van der Waals surface area contributed by atoms with Crippen molar-refractivity contribution in [2.75, 3.05) is 11.9 Å². The zero-order valence-electron chi connectivity index (χ0n) is 11.8. The summed E-state index contributed by atoms with van der Waals surface area (Å²) in [5.74, 6) is -0.0462. The van der Waals surface area contributed by atoms with Crippen LogP contribution in [0.4, 0.5) is 5.00 Å². The third-order valence-electron chi connectivity index (χ3n) is 3.55. The first kappa shape index (κ1) is 13.1. The molecular formula is C16H16N2OS. The predicted octanol–water partition coefficient (Wildman–Crippen LogP) is 3.46. The number of aliphatic imine (C=N–C) groups is 1. The van der Waals surface area contributed by atoms with E-state index < -0.39 is 0 Å². The van der Waals surface area contributed by atoms with Crippen molar-refractivity contribution in [1.82, 2.24) is 0 Å². The molecule has 2 aromatic rings. The number of hydrogen-bond acceptors (Lipinski definition) is 3. The van der Waals surface area contributed by atoms with Gasteiger partial charge in [-0.25, -0.2) is 0 Å². The normalized spacial score (nSPS) is 14.3. The Morgan fingerprint density at radius 2 is 2.05 bits per heavy atom. The Bertz CT molecular complexity index is 728. The van der Waals surface area contributed by atoms with Crippen molar-refractivity contribution in [3.8, 4) is 0 Å². The number of benzene rings is 1. The lowest BCUT2D eigenvalue weighted by Gasteiger charge is -2.08. The fourth-order valence-corrected chi connectivity index (χ4v) is 3.50. The molecule has 0 aliphatic carbocycles. The van der Waals surface area contributed by atoms with E-state index >= 15 is 0 Å². The maximum absolute atomic E-state index is 11.8. The van der Waals surface area contributed by atoms with Crippen LogP contribution in [-0.4, -0.2) is 18.2 Å². The largest absolute Gasteiger partial charge is 0.316 e. The first-order valence-electron chi connectivity index (χ1n) is 6.58. The van der Waals surface area contributed by atoms with Crippen LogP contribution in [0.5, 0.6) is 0 Å². The van der Waals surface area contributed by atoms with E-state index in [1.807, 2.05) is 6.07 Å². The fraction of sp³-hybridized carbons (Fsp3) is 0.250. The van der Waals surface area contributed by atoms with Crippen molar-refractivity contribution in [2.45, 2.75) is 20.8 Å². The number of thiophene rings is 1. The van der Waals surface area contributed by atoms with Crippen molar-refractivity contribution in [2.24, 2.45) is 4.99 Å². The van der Waals surface area contributed by atoms with Gasteiger partial charge in [0, 0.05) is 16.0 Å². The standard InChI is InChI=1S/C16H16N2OS/c1-9-5-4-6-12(7-9)15-14-10(2)11(3)20-16(14)18-13(19)8-17-15/h4-7H,8H2,1-3H3,(H,18,19). The molecule has 2 heterocycles. The van der Waals surface area contributed by atoms with E-state index in [1.54, 1.807) is 11.3 Å². The van der Waals surface area contributed by atoms with Crippen LogP contribution in [0.3, 0.4) is 0 Å². The first-order valence-corrected chi connectivity index (χ1v) is 7.39. The zero-order valence-corrected chi connectivity index (χ0v) is 12.6. The van der Waals surface area contributed by atoms with Crippen molar-refractivity contribution >= 4 is 28.0 Å². The number of anilines is 1. The molecule has 102 valence electrons. The molecule has 1 amide bonds. The molecule has 0 saturated heterocycles. The topological polar surface area (TPSA) is 41.5 Å². The van der Waals surface area contributed by atoms with Crippen molar-refractivity contribution < 1.29 is 4.79 Å². The molecule has 20 heavy (non-hydrogen) atoms. The van der Waals surface area contributed by atoms with Gasteiger partial charge in [-0.05, 0) is 32.4 Å². The number of hydrogen-bond donors (Lipinski definition) is 1. The van der Waals surface area contributed by atoms with E-state index in [-0.39, 0.29) is 12.5 Å². The number of rotatable bonds is 1. The summed E-state index contributed by atoms with van der Waals surface area (Å²) in [4.78, 5) is 17.6. The maximum Gasteiger partial charge on any atom is 0.246 e. The van der Waals surface area contributed by atoms with Gasteiger partial charge in [-0.3, -0.25) is 9.79 Å². The van der Waals surface area contributed by atoms with Crippen molar-refractivity contribution in [3.05, 3.63) is 51.4 Å². The average Bonchev–Trinajstić information content (AvgIpc) is 2.59. The van der Waals surface area contributed by atoms with Gasteiger partial charge >= 0.3 is 0 Å². The van der Waals surface area contributed by atoms with Crippen LogP contribution < -0.4 is 5.32 Å². The summed E-state index contributed by atoms with van der Waals surface area (Å²) in [7, 11) is 0. The summed E-state index contributed by atoms with van der Waals surface area (Å²) in [6, 6.07) is 8.26. The van der Waals surface area contributed by atoms with Gasteiger partial charge < -0.3 is 5.32 Å². The molecule has 1 N–H and O–H groups in total. The van der Waals surface area contributed by atoms with Gasteiger partial charge in [-0.2, -0.15) is 0 Å². The van der Waals surface area contributed by atoms with Gasteiger partial charge in [-0.15, -0.1) is 11.3 Å². The number of nitrogens with zero attached hydrogens (tertiary/aromatic N) is 1. The van der Waals surface area contributed by atoms with Gasteiger partial charge in [0.15, 0.2) is 0 Å². The molecule has 0 spiro atoms. The molecule has 0 radical (unpaired) electrons. The van der Waals surface area contributed by atoms with Gasteiger partial charge in [0.05, 0.1) is 5.71 Å². The molecule has 0 saturated carbocycles. The maximum atomic E-state index is 11.8. The molecule has 0 unspecified atom stereocenters. The SMILES string of the molecule is Cc1cccc(C2=NCC(=O)Nc3sc(C)c(C)c32)c1. The van der Waals surface area contributed by atoms with Crippen LogP contribution >= 0.6 is 11.3 Å². The van der Waals surface area contributed by atoms with E-state index in [0.29, 0.717) is 0 Å². The minimum atomic E-state index is -0.0462. The van der Waals surface area contributed by atoms with E-state index in [4.69, 9.17) is 0 Å². The van der Waals surface area contributed by atoms with Gasteiger partial charge in [0.25, 0.3) is 0 Å². The van der Waals surface area contributed by atoms with Gasteiger partial charge in [0.2, 0.25) is 5.91 Å². The highest BCUT2D eigenvalue weighted by molar-refractivity contribution is 7.17. The van der Waals surface area contributed by atoms with E-state index in [2.05, 4.69) is 49.3 Å². The minimum Gasteiger partial charge on any atom is -0.316 e. The lowest BCUT2D eigenvalue weighted by molar-refractivity contribution is -0.114. The van der Waals surface area contributed by atoms with E-state index in [0.717, 1.165) is 21.8 Å². The highest BCUT2D eigenvalue weighted by Crippen LogP contribution is 2.35. The quantitative estimate of drug-likeness (QED) is 0.856. The second-order valence-corrected chi connectivity index (χ2v) is 6.29. The Hall–Kier alpha value is -1.94. The second-order valence-electron chi connectivity index (χ2n) is 5.07. The Kier molecular flexibility index (Phi) is 3.18. The Balaban J connectivity index is 2.23. The summed E-state index contributed by atoms with van der Waals surface area (Å²) in [5, 5.41) is 3.88. The molecule has 0 bridgehead atoms. The van der Waals surface area contributed by atoms with Crippen LogP contribution in [0.2, 0.25) is 0 Å². The van der Waals surface area contributed by atoms with Crippen LogP contribution in [0.15, 0.2) is 29.3 Å². The van der Waals surface area contributed by atoms with Crippen molar-refractivity contribution in [1.29, 1.82) is 0 Å². The number of carbonyl (C=O) groups excluding carboxylic acids is 1. The van der Waals surface area contributed by atoms with Crippen LogP contribution in [0.1, 0.15) is 27.1 Å². The van der Waals surface area contributed by atoms with Crippen LogP contribution in [0.25, 0.3) is 0 Å². The highest BCUT2D eigenvalue weighted by Gasteiger charge is 2.23. The third kappa shape index (κ3) is 2.16. The van der Waals surface area contributed by atoms with E-state index in [1.165, 1.54) is 16.0 Å². The highest BCUT2D eigenvalue weighted by atomic mass is 32.1. The number of aryl methyl sites for hydroxylation is 2. The van der Waals surface area contributed by atoms with Crippen LogP contribution in [0, 0.1) is 20.8 Å². The summed E-state index contributed by atoms with van der Waals surface area (Å²) in [6.07, 6.45) is 0. The van der Waals surface area contributed by atoms with Gasteiger partial charge in [0.1, 0.15) is 11.5 Å². The third-order valence-corrected chi connectivity index (χ3v) is 4.67. The molecule has 1 aliphatic rings. The lowest BCUT2D eigenvalue weighted by atomic mass is 9.99. The van der Waals surface area contributed by atoms with E-state index in [9.17, 15) is 4.79 Å². The minimum absolute atomic E-state index is 0.0462. The number of amides is 1. The predicted molar refractivity (Wildman–Crippen MR) is 84.1 cm³/mol. The second kappa shape index (κ2) is 4.87. The summed E-state index contributed by atoms with van der Waals surface area (Å²) < 4.78 is 0. The Labute approximate surface area is 122 Å². The molecule has 4 heteroatoms. The number of fused-ring (bicyclic) bond motifs is 1. The monoisotopic (exact) mass is 284 g/mol. The number of carbonyl (C=O) groups is 1. The lowest BCUT2D eigenvalue weighted by Crippen LogP contribution is -2.12.